The fourth-order valence-corrected chi connectivity index (χ4v) is 6.08. The summed E-state index contributed by atoms with van der Waals surface area (Å²) in [4.78, 5) is 9.33. The van der Waals surface area contributed by atoms with Crippen molar-refractivity contribution < 1.29 is 0 Å². The van der Waals surface area contributed by atoms with Gasteiger partial charge in [-0.25, -0.2) is 9.97 Å². The van der Waals surface area contributed by atoms with E-state index in [1.54, 1.807) is 0 Å². The first-order valence-electron chi connectivity index (χ1n) is 12.9. The Morgan fingerprint density at radius 3 is 1.42 bits per heavy atom. The summed E-state index contributed by atoms with van der Waals surface area (Å²) in [6.45, 7) is 0. The third-order valence-electron chi connectivity index (χ3n) is 7.72. The topological polar surface area (TPSA) is 25.8 Å². The molecule has 7 aromatic carbocycles. The molecule has 1 aromatic heterocycles. The van der Waals surface area contributed by atoms with Crippen molar-refractivity contribution in [1.29, 1.82) is 0 Å². The zero-order valence-corrected chi connectivity index (χ0v) is 20.6. The quantitative estimate of drug-likeness (QED) is 0.181. The van der Waals surface area contributed by atoms with Crippen LogP contribution in [0.2, 0.25) is 0 Å². The van der Waals surface area contributed by atoms with Crippen LogP contribution in [-0.2, 0) is 0 Å². The van der Waals surface area contributed by atoms with E-state index in [0.29, 0.717) is 0 Å². The van der Waals surface area contributed by atoms with Crippen LogP contribution in [0.4, 0.5) is 0 Å². The SMILES string of the molecule is c1cnc(-c2c3ccccc3c(-c3cc4ccccc4c4cc5ccccc5cc34)c3ccccc23)nc1. The van der Waals surface area contributed by atoms with Gasteiger partial charge in [0.1, 0.15) is 0 Å². The highest BCUT2D eigenvalue weighted by Gasteiger charge is 2.20. The Labute approximate surface area is 219 Å². The van der Waals surface area contributed by atoms with Crippen LogP contribution < -0.4 is 0 Å². The van der Waals surface area contributed by atoms with Crippen LogP contribution in [0.25, 0.3) is 76.4 Å². The van der Waals surface area contributed by atoms with Gasteiger partial charge in [-0.3, -0.25) is 0 Å². The molecule has 0 radical (unpaired) electrons. The van der Waals surface area contributed by atoms with E-state index < -0.39 is 0 Å². The number of hydrogen-bond donors (Lipinski definition) is 0. The van der Waals surface area contributed by atoms with Crippen LogP contribution >= 0.6 is 0 Å². The van der Waals surface area contributed by atoms with Gasteiger partial charge in [-0.15, -0.1) is 0 Å². The van der Waals surface area contributed by atoms with Gasteiger partial charge >= 0.3 is 0 Å². The maximum Gasteiger partial charge on any atom is 0.160 e. The number of rotatable bonds is 2. The van der Waals surface area contributed by atoms with Crippen LogP contribution in [0.15, 0.2) is 134 Å². The lowest BCUT2D eigenvalue weighted by atomic mass is 9.84. The summed E-state index contributed by atoms with van der Waals surface area (Å²) in [6, 6.07) is 43.7. The molecule has 38 heavy (non-hydrogen) atoms. The maximum atomic E-state index is 4.67. The predicted octanol–water partition coefficient (Wildman–Crippen LogP) is 9.58. The van der Waals surface area contributed by atoms with Gasteiger partial charge in [0.2, 0.25) is 0 Å². The molecular weight excluding hydrogens is 460 g/mol. The highest BCUT2D eigenvalue weighted by molar-refractivity contribution is 6.26. The summed E-state index contributed by atoms with van der Waals surface area (Å²) < 4.78 is 0. The highest BCUT2D eigenvalue weighted by Crippen LogP contribution is 2.46. The van der Waals surface area contributed by atoms with Crippen LogP contribution in [0.1, 0.15) is 0 Å². The summed E-state index contributed by atoms with van der Waals surface area (Å²) in [5.74, 6) is 0.751. The second kappa shape index (κ2) is 8.22. The predicted molar refractivity (Wildman–Crippen MR) is 160 cm³/mol. The third-order valence-corrected chi connectivity index (χ3v) is 7.72. The summed E-state index contributed by atoms with van der Waals surface area (Å²) in [5, 5.41) is 12.3. The first-order valence-corrected chi connectivity index (χ1v) is 12.9. The number of benzene rings is 7. The van der Waals surface area contributed by atoms with Crippen molar-refractivity contribution in [2.24, 2.45) is 0 Å². The lowest BCUT2D eigenvalue weighted by Gasteiger charge is -2.19. The second-order valence-electron chi connectivity index (χ2n) is 9.80. The van der Waals surface area contributed by atoms with Crippen molar-refractivity contribution >= 4 is 53.9 Å². The number of nitrogens with zero attached hydrogens (tertiary/aromatic N) is 2. The Morgan fingerprint density at radius 2 is 0.816 bits per heavy atom. The molecule has 8 rings (SSSR count). The van der Waals surface area contributed by atoms with Crippen molar-refractivity contribution in [3.63, 3.8) is 0 Å². The van der Waals surface area contributed by atoms with Crippen molar-refractivity contribution in [3.05, 3.63) is 134 Å². The zero-order chi connectivity index (χ0) is 25.1. The lowest BCUT2D eigenvalue weighted by Crippen LogP contribution is -1.94. The van der Waals surface area contributed by atoms with E-state index in [0.717, 1.165) is 22.2 Å². The molecule has 0 saturated heterocycles. The van der Waals surface area contributed by atoms with E-state index in [-0.39, 0.29) is 0 Å². The van der Waals surface area contributed by atoms with Gasteiger partial charge in [-0.1, -0.05) is 97.1 Å². The van der Waals surface area contributed by atoms with Crippen LogP contribution in [0.3, 0.4) is 0 Å². The van der Waals surface area contributed by atoms with Gasteiger partial charge in [0.25, 0.3) is 0 Å². The van der Waals surface area contributed by atoms with Gasteiger partial charge in [-0.05, 0) is 89.3 Å². The van der Waals surface area contributed by atoms with Gasteiger partial charge in [0.05, 0.1) is 0 Å². The van der Waals surface area contributed by atoms with E-state index in [9.17, 15) is 0 Å². The minimum Gasteiger partial charge on any atom is -0.237 e. The minimum atomic E-state index is 0.751. The van der Waals surface area contributed by atoms with Gasteiger partial charge in [-0.2, -0.15) is 0 Å². The molecule has 0 bridgehead atoms. The van der Waals surface area contributed by atoms with E-state index in [4.69, 9.17) is 0 Å². The summed E-state index contributed by atoms with van der Waals surface area (Å²) >= 11 is 0. The fraction of sp³-hybridized carbons (Fsp3) is 0. The van der Waals surface area contributed by atoms with E-state index in [2.05, 4.69) is 125 Å². The Morgan fingerprint density at radius 1 is 0.342 bits per heavy atom. The molecule has 0 amide bonds. The van der Waals surface area contributed by atoms with Gasteiger partial charge in [0, 0.05) is 18.0 Å². The normalized spacial score (nSPS) is 11.7. The lowest BCUT2D eigenvalue weighted by molar-refractivity contribution is 1.18. The molecular formula is C36H22N2. The summed E-state index contributed by atoms with van der Waals surface area (Å²) in [5.41, 5.74) is 3.58. The Bertz CT molecular complexity index is 2120. The standard InChI is InChI=1S/C36H22N2/c1-2-11-24-21-32-31(20-23(24)10-1)26-13-4-3-12-25(26)22-33(32)34-27-14-5-7-16-29(27)35(36-37-18-9-19-38-36)30-17-8-6-15-28(30)34/h1-22H. The number of fused-ring (bicyclic) bond motifs is 6. The minimum absolute atomic E-state index is 0.751. The Kier molecular flexibility index (Phi) is 4.55. The fourth-order valence-electron chi connectivity index (χ4n) is 6.08. The van der Waals surface area contributed by atoms with Crippen molar-refractivity contribution in [3.8, 4) is 22.5 Å². The highest BCUT2D eigenvalue weighted by atomic mass is 14.9. The van der Waals surface area contributed by atoms with E-state index in [1.165, 1.54) is 54.2 Å². The third kappa shape index (κ3) is 3.07. The molecule has 0 aliphatic rings. The molecule has 8 aromatic rings. The summed E-state index contributed by atoms with van der Waals surface area (Å²) in [6.07, 6.45) is 3.64. The molecule has 0 aliphatic heterocycles. The zero-order valence-electron chi connectivity index (χ0n) is 20.6. The van der Waals surface area contributed by atoms with Crippen LogP contribution in [-0.4, -0.2) is 9.97 Å². The Balaban J connectivity index is 1.61. The van der Waals surface area contributed by atoms with Crippen molar-refractivity contribution in [2.75, 3.05) is 0 Å². The second-order valence-corrected chi connectivity index (χ2v) is 9.80. The van der Waals surface area contributed by atoms with Crippen LogP contribution in [0, 0.1) is 0 Å². The van der Waals surface area contributed by atoms with Crippen molar-refractivity contribution in [1.82, 2.24) is 9.97 Å². The molecule has 2 heteroatoms. The molecule has 0 N–H and O–H groups in total. The monoisotopic (exact) mass is 482 g/mol. The average molecular weight is 483 g/mol. The first kappa shape index (κ1) is 21.0. The largest absolute Gasteiger partial charge is 0.237 e. The molecule has 0 unspecified atom stereocenters. The molecule has 0 atom stereocenters. The van der Waals surface area contributed by atoms with E-state index >= 15 is 0 Å². The molecule has 0 saturated carbocycles. The maximum absolute atomic E-state index is 4.67. The van der Waals surface area contributed by atoms with Crippen molar-refractivity contribution in [2.45, 2.75) is 0 Å². The van der Waals surface area contributed by atoms with Crippen LogP contribution in [0.5, 0.6) is 0 Å². The Hall–Kier alpha value is -5.08. The molecule has 2 nitrogen and oxygen atoms in total. The molecule has 0 aliphatic carbocycles. The molecule has 0 fully saturated rings. The number of hydrogen-bond acceptors (Lipinski definition) is 2. The number of aromatic nitrogens is 2. The smallest absolute Gasteiger partial charge is 0.160 e. The summed E-state index contributed by atoms with van der Waals surface area (Å²) in [7, 11) is 0. The first-order chi connectivity index (χ1) is 18.9. The average Bonchev–Trinajstić information content (AvgIpc) is 2.99. The molecule has 1 heterocycles. The molecule has 0 spiro atoms. The van der Waals surface area contributed by atoms with Gasteiger partial charge < -0.3 is 0 Å². The van der Waals surface area contributed by atoms with Gasteiger partial charge in [0.15, 0.2) is 5.82 Å². The van der Waals surface area contributed by atoms with E-state index in [1.807, 2.05) is 18.5 Å². The molecule has 176 valence electrons.